The van der Waals surface area contributed by atoms with Gasteiger partial charge in [0.1, 0.15) is 0 Å². The van der Waals surface area contributed by atoms with Crippen LogP contribution in [0, 0.1) is 11.8 Å². The van der Waals surface area contributed by atoms with Crippen molar-refractivity contribution in [1.29, 1.82) is 0 Å². The van der Waals surface area contributed by atoms with Crippen molar-refractivity contribution in [1.82, 2.24) is 5.32 Å². The monoisotopic (exact) mass is 195 g/mol. The predicted molar refractivity (Wildman–Crippen MR) is 54.8 cm³/mol. The van der Waals surface area contributed by atoms with Crippen LogP contribution in [0.4, 0.5) is 4.79 Å². The minimum Gasteiger partial charge on any atom is -0.450 e. The summed E-state index contributed by atoms with van der Waals surface area (Å²) in [5, 5.41) is 2.75. The number of hydrogen-bond acceptors (Lipinski definition) is 2. The summed E-state index contributed by atoms with van der Waals surface area (Å²) < 4.78 is 4.80. The van der Waals surface area contributed by atoms with Gasteiger partial charge in [-0.05, 0) is 19.8 Å². The Balaban J connectivity index is 2.36. The van der Waals surface area contributed by atoms with E-state index in [2.05, 4.69) is 17.2 Å². The maximum absolute atomic E-state index is 11.1. The molecule has 1 aliphatic rings. The Kier molecular flexibility index (Phi) is 4.92. The summed E-state index contributed by atoms with van der Waals surface area (Å²) in [6.07, 6.45) is 5.04. The van der Waals surface area contributed by atoms with E-state index >= 15 is 0 Å². The second-order valence-corrected chi connectivity index (χ2v) is 3.34. The van der Waals surface area contributed by atoms with E-state index in [0.717, 1.165) is 19.3 Å². The summed E-state index contributed by atoms with van der Waals surface area (Å²) >= 11 is 0. The van der Waals surface area contributed by atoms with Gasteiger partial charge in [-0.25, -0.2) is 4.79 Å². The highest BCUT2D eigenvalue weighted by molar-refractivity contribution is 5.68. The highest BCUT2D eigenvalue weighted by atomic mass is 16.5. The van der Waals surface area contributed by atoms with E-state index in [-0.39, 0.29) is 12.1 Å². The first-order valence-electron chi connectivity index (χ1n) is 5.24. The van der Waals surface area contributed by atoms with Crippen molar-refractivity contribution in [2.75, 3.05) is 6.61 Å². The molecule has 0 aromatic heterocycles. The van der Waals surface area contributed by atoms with Gasteiger partial charge in [-0.2, -0.15) is 0 Å². The van der Waals surface area contributed by atoms with Crippen LogP contribution in [-0.2, 0) is 4.74 Å². The molecular weight excluding hydrogens is 178 g/mol. The van der Waals surface area contributed by atoms with E-state index in [9.17, 15) is 4.79 Å². The lowest BCUT2D eigenvalue weighted by Gasteiger charge is -2.13. The quantitative estimate of drug-likeness (QED) is 0.685. The summed E-state index contributed by atoms with van der Waals surface area (Å²) in [5.74, 6) is 6.11. The molecule has 0 aromatic carbocycles. The van der Waals surface area contributed by atoms with Crippen LogP contribution in [0.25, 0.3) is 0 Å². The summed E-state index contributed by atoms with van der Waals surface area (Å²) in [4.78, 5) is 11.1. The maximum atomic E-state index is 11.1. The molecule has 3 heteroatoms. The highest BCUT2D eigenvalue weighted by Gasteiger charge is 2.10. The Morgan fingerprint density at radius 2 is 2.36 bits per heavy atom. The van der Waals surface area contributed by atoms with Gasteiger partial charge in [-0.1, -0.05) is 18.8 Å². The molecule has 0 spiro atoms. The van der Waals surface area contributed by atoms with Crippen molar-refractivity contribution in [3.05, 3.63) is 0 Å². The first-order chi connectivity index (χ1) is 6.83. The molecule has 0 fully saturated rings. The fourth-order valence-corrected chi connectivity index (χ4v) is 1.43. The Morgan fingerprint density at radius 1 is 1.50 bits per heavy atom. The van der Waals surface area contributed by atoms with Gasteiger partial charge in [0.25, 0.3) is 0 Å². The van der Waals surface area contributed by atoms with Crippen LogP contribution in [0.15, 0.2) is 0 Å². The molecule has 3 nitrogen and oxygen atoms in total. The minimum absolute atomic E-state index is 0.0191. The molecule has 0 bridgehead atoms. The molecule has 0 aliphatic heterocycles. The van der Waals surface area contributed by atoms with Gasteiger partial charge in [0.05, 0.1) is 12.6 Å². The second kappa shape index (κ2) is 6.31. The van der Waals surface area contributed by atoms with Crippen molar-refractivity contribution in [2.24, 2.45) is 0 Å². The smallest absolute Gasteiger partial charge is 0.408 e. The molecule has 1 unspecified atom stereocenters. The van der Waals surface area contributed by atoms with Crippen LogP contribution >= 0.6 is 0 Å². The highest BCUT2D eigenvalue weighted by Crippen LogP contribution is 2.08. The molecule has 1 N–H and O–H groups in total. The summed E-state index contributed by atoms with van der Waals surface area (Å²) in [5.41, 5.74) is 0. The van der Waals surface area contributed by atoms with E-state index in [1.807, 2.05) is 0 Å². The summed E-state index contributed by atoms with van der Waals surface area (Å²) in [7, 11) is 0. The van der Waals surface area contributed by atoms with E-state index < -0.39 is 0 Å². The third-order valence-electron chi connectivity index (χ3n) is 2.14. The predicted octanol–water partition coefficient (Wildman–Crippen LogP) is 2.07. The molecule has 0 heterocycles. The van der Waals surface area contributed by atoms with E-state index in [1.54, 1.807) is 6.92 Å². The topological polar surface area (TPSA) is 38.3 Å². The number of rotatable bonds is 2. The SMILES string of the molecule is CCOC(=O)NC1C#CCCCCC1. The Labute approximate surface area is 85.2 Å². The zero-order chi connectivity index (χ0) is 10.2. The number of alkyl carbamates (subject to hydrolysis) is 1. The summed E-state index contributed by atoms with van der Waals surface area (Å²) in [6, 6.07) is -0.0191. The van der Waals surface area contributed by atoms with Gasteiger partial charge in [0.15, 0.2) is 0 Å². The average Bonchev–Trinajstić information content (AvgIpc) is 2.10. The maximum Gasteiger partial charge on any atom is 0.408 e. The van der Waals surface area contributed by atoms with Crippen LogP contribution in [-0.4, -0.2) is 18.7 Å². The van der Waals surface area contributed by atoms with Crippen LogP contribution in [0.3, 0.4) is 0 Å². The molecule has 14 heavy (non-hydrogen) atoms. The Morgan fingerprint density at radius 3 is 3.14 bits per heavy atom. The number of carbonyl (C=O) groups is 1. The van der Waals surface area contributed by atoms with Crippen LogP contribution < -0.4 is 5.32 Å². The van der Waals surface area contributed by atoms with Gasteiger partial charge < -0.3 is 10.1 Å². The third kappa shape index (κ3) is 4.18. The van der Waals surface area contributed by atoms with Crippen LogP contribution in [0.5, 0.6) is 0 Å². The minimum atomic E-state index is -0.354. The second-order valence-electron chi connectivity index (χ2n) is 3.34. The fraction of sp³-hybridized carbons (Fsp3) is 0.727. The number of hydrogen-bond donors (Lipinski definition) is 1. The molecule has 0 saturated heterocycles. The zero-order valence-electron chi connectivity index (χ0n) is 8.64. The number of amides is 1. The molecule has 0 radical (unpaired) electrons. The molecule has 1 atom stereocenters. The van der Waals surface area contributed by atoms with Crippen molar-refractivity contribution in [3.8, 4) is 11.8 Å². The van der Waals surface area contributed by atoms with Crippen molar-refractivity contribution in [2.45, 2.75) is 45.1 Å². The number of ether oxygens (including phenoxy) is 1. The first kappa shape index (κ1) is 10.9. The van der Waals surface area contributed by atoms with E-state index in [1.165, 1.54) is 12.8 Å². The van der Waals surface area contributed by atoms with Gasteiger partial charge in [-0.3, -0.25) is 0 Å². The van der Waals surface area contributed by atoms with Crippen LogP contribution in [0.2, 0.25) is 0 Å². The van der Waals surface area contributed by atoms with E-state index in [0.29, 0.717) is 6.61 Å². The molecule has 0 saturated carbocycles. The lowest BCUT2D eigenvalue weighted by molar-refractivity contribution is 0.149. The lowest BCUT2D eigenvalue weighted by Crippen LogP contribution is -2.34. The van der Waals surface area contributed by atoms with Crippen molar-refractivity contribution in [3.63, 3.8) is 0 Å². The standard InChI is InChI=1S/C11H17NO2/c1-2-14-11(13)12-10-8-6-4-3-5-7-9-10/h10H,2-6,8H2,1H3,(H,12,13). The largest absolute Gasteiger partial charge is 0.450 e. The molecule has 1 amide bonds. The third-order valence-corrected chi connectivity index (χ3v) is 2.14. The number of carbonyl (C=O) groups excluding carboxylic acids is 1. The average molecular weight is 195 g/mol. The molecule has 1 rings (SSSR count). The van der Waals surface area contributed by atoms with Gasteiger partial charge in [0, 0.05) is 6.42 Å². The Bertz CT molecular complexity index is 239. The van der Waals surface area contributed by atoms with Crippen molar-refractivity contribution >= 4 is 6.09 Å². The molecule has 0 aromatic rings. The van der Waals surface area contributed by atoms with Gasteiger partial charge in [0.2, 0.25) is 0 Å². The fourth-order valence-electron chi connectivity index (χ4n) is 1.43. The normalized spacial score (nSPS) is 21.1. The van der Waals surface area contributed by atoms with E-state index in [4.69, 9.17) is 4.74 Å². The molecule has 1 aliphatic carbocycles. The zero-order valence-corrected chi connectivity index (χ0v) is 8.64. The molecule has 78 valence electrons. The summed E-state index contributed by atoms with van der Waals surface area (Å²) in [6.45, 7) is 2.20. The van der Waals surface area contributed by atoms with Gasteiger partial charge in [-0.15, -0.1) is 5.92 Å². The Hall–Kier alpha value is -1.17. The lowest BCUT2D eigenvalue weighted by atomic mass is 10.0. The van der Waals surface area contributed by atoms with Crippen molar-refractivity contribution < 1.29 is 9.53 Å². The molecular formula is C11H17NO2. The number of nitrogens with one attached hydrogen (secondary N) is 1. The van der Waals surface area contributed by atoms with Crippen LogP contribution in [0.1, 0.15) is 39.0 Å². The van der Waals surface area contributed by atoms with Gasteiger partial charge >= 0.3 is 6.09 Å². The first-order valence-corrected chi connectivity index (χ1v) is 5.24.